The summed E-state index contributed by atoms with van der Waals surface area (Å²) >= 11 is 0. The van der Waals surface area contributed by atoms with Gasteiger partial charge in [0, 0.05) is 17.0 Å². The van der Waals surface area contributed by atoms with Crippen LogP contribution >= 0.6 is 0 Å². The molecule has 1 aliphatic heterocycles. The first-order chi connectivity index (χ1) is 14.5. The number of unbranched alkanes of at least 4 members (excludes halogenated alkanes) is 5. The van der Waals surface area contributed by atoms with Gasteiger partial charge in [-0.25, -0.2) is 0 Å². The topological polar surface area (TPSA) is 37.4 Å². The summed E-state index contributed by atoms with van der Waals surface area (Å²) in [5.41, 5.74) is 9.19. The van der Waals surface area contributed by atoms with Crippen molar-refractivity contribution in [3.63, 3.8) is 0 Å². The van der Waals surface area contributed by atoms with Gasteiger partial charge >= 0.3 is 0 Å². The number of aromatic nitrogens is 1. The number of nitrogens with one attached hydrogen (secondary N) is 1. The van der Waals surface area contributed by atoms with Gasteiger partial charge in [-0.1, -0.05) is 51.2 Å². The van der Waals surface area contributed by atoms with Crippen molar-refractivity contribution in [2.75, 3.05) is 6.61 Å². The van der Waals surface area contributed by atoms with Gasteiger partial charge in [0.15, 0.2) is 0 Å². The lowest BCUT2D eigenvalue weighted by Crippen LogP contribution is -1.99. The number of hydrogen-bond acceptors (Lipinski definition) is 2. The maximum absolute atomic E-state index is 5.98. The normalized spacial score (nSPS) is 15.2. The Balaban J connectivity index is 1.75. The van der Waals surface area contributed by atoms with Crippen LogP contribution < -0.4 is 4.74 Å². The van der Waals surface area contributed by atoms with Crippen LogP contribution in [-0.4, -0.2) is 17.3 Å². The number of rotatable bonds is 10. The standard InChI is InChI=1S/C27H36N2O/c1-6-7-8-9-10-11-16-30-24-14-12-23(13-15-24)25(26-19(2)17-21(4)28-26)27-20(3)18-22(5)29-27/h12-15,17-18,28H,6-11,16H2,1-5H3/b27-25-. The van der Waals surface area contributed by atoms with Gasteiger partial charge in [-0.3, -0.25) is 4.99 Å². The predicted octanol–water partition coefficient (Wildman–Crippen LogP) is 7.55. The molecule has 0 atom stereocenters. The van der Waals surface area contributed by atoms with Crippen molar-refractivity contribution in [3.05, 3.63) is 70.2 Å². The molecule has 1 aliphatic rings. The second-order valence-corrected chi connectivity index (χ2v) is 8.46. The minimum atomic E-state index is 0.791. The van der Waals surface area contributed by atoms with E-state index in [0.29, 0.717) is 0 Å². The monoisotopic (exact) mass is 404 g/mol. The van der Waals surface area contributed by atoms with Crippen LogP contribution in [0.2, 0.25) is 0 Å². The molecule has 30 heavy (non-hydrogen) atoms. The fourth-order valence-corrected chi connectivity index (χ4v) is 4.11. The zero-order valence-electron chi connectivity index (χ0n) is 19.3. The molecule has 160 valence electrons. The number of aliphatic imine (C=N–C) groups is 1. The van der Waals surface area contributed by atoms with E-state index in [9.17, 15) is 0 Å². The summed E-state index contributed by atoms with van der Waals surface area (Å²) in [5, 5.41) is 0. The van der Waals surface area contributed by atoms with E-state index in [1.54, 1.807) is 0 Å². The van der Waals surface area contributed by atoms with Crippen LogP contribution in [0.15, 0.2) is 52.7 Å². The maximum atomic E-state index is 5.98. The Labute approximate surface area is 182 Å². The number of aromatic amines is 1. The lowest BCUT2D eigenvalue weighted by molar-refractivity contribution is 0.304. The zero-order valence-corrected chi connectivity index (χ0v) is 19.3. The van der Waals surface area contributed by atoms with Crippen molar-refractivity contribution >= 4 is 11.3 Å². The molecule has 3 heteroatoms. The van der Waals surface area contributed by atoms with Gasteiger partial charge in [-0.15, -0.1) is 0 Å². The van der Waals surface area contributed by atoms with E-state index in [-0.39, 0.29) is 0 Å². The number of benzene rings is 1. The van der Waals surface area contributed by atoms with E-state index >= 15 is 0 Å². The summed E-state index contributed by atoms with van der Waals surface area (Å²) in [5.74, 6) is 0.939. The van der Waals surface area contributed by atoms with Crippen LogP contribution in [0.4, 0.5) is 0 Å². The van der Waals surface area contributed by atoms with E-state index in [4.69, 9.17) is 9.73 Å². The van der Waals surface area contributed by atoms with Gasteiger partial charge in [0.2, 0.25) is 0 Å². The molecule has 1 aromatic heterocycles. The highest BCUT2D eigenvalue weighted by molar-refractivity contribution is 6.01. The Hall–Kier alpha value is -2.55. The molecule has 0 saturated carbocycles. The molecule has 0 unspecified atom stereocenters. The third kappa shape index (κ3) is 5.53. The number of aryl methyl sites for hydroxylation is 2. The minimum absolute atomic E-state index is 0.791. The number of H-pyrrole nitrogens is 1. The molecule has 2 heterocycles. The Kier molecular flexibility index (Phi) is 7.73. The van der Waals surface area contributed by atoms with Crippen LogP contribution in [0, 0.1) is 13.8 Å². The van der Waals surface area contributed by atoms with Crippen LogP contribution in [0.1, 0.15) is 81.8 Å². The van der Waals surface area contributed by atoms with E-state index in [1.165, 1.54) is 48.9 Å². The van der Waals surface area contributed by atoms with Gasteiger partial charge in [-0.2, -0.15) is 0 Å². The average Bonchev–Trinajstić information content (AvgIpc) is 3.22. The lowest BCUT2D eigenvalue weighted by atomic mass is 9.96. The number of hydrogen-bond donors (Lipinski definition) is 1. The fourth-order valence-electron chi connectivity index (χ4n) is 4.11. The largest absolute Gasteiger partial charge is 0.494 e. The first-order valence-electron chi connectivity index (χ1n) is 11.4. The molecule has 3 nitrogen and oxygen atoms in total. The second kappa shape index (κ2) is 10.5. The van der Waals surface area contributed by atoms with Crippen molar-refractivity contribution in [1.82, 2.24) is 4.98 Å². The van der Waals surface area contributed by atoms with Crippen LogP contribution in [-0.2, 0) is 0 Å². The third-order valence-corrected chi connectivity index (χ3v) is 5.63. The minimum Gasteiger partial charge on any atom is -0.494 e. The van der Waals surface area contributed by atoms with Gasteiger partial charge in [0.05, 0.1) is 18.0 Å². The quantitative estimate of drug-likeness (QED) is 0.408. The highest BCUT2D eigenvalue weighted by Crippen LogP contribution is 2.35. The molecule has 2 aromatic rings. The van der Waals surface area contributed by atoms with Gasteiger partial charge in [0.1, 0.15) is 5.75 Å². The van der Waals surface area contributed by atoms with Crippen molar-refractivity contribution in [3.8, 4) is 5.75 Å². The Morgan fingerprint density at radius 2 is 1.63 bits per heavy atom. The summed E-state index contributed by atoms with van der Waals surface area (Å²) in [6.07, 6.45) is 9.83. The molecule has 1 aromatic carbocycles. The smallest absolute Gasteiger partial charge is 0.119 e. The number of nitrogens with zero attached hydrogens (tertiary/aromatic N) is 1. The van der Waals surface area contributed by atoms with Gasteiger partial charge in [0.25, 0.3) is 0 Å². The van der Waals surface area contributed by atoms with Crippen molar-refractivity contribution < 1.29 is 4.74 Å². The Morgan fingerprint density at radius 1 is 0.933 bits per heavy atom. The van der Waals surface area contributed by atoms with Crippen LogP contribution in [0.5, 0.6) is 5.75 Å². The van der Waals surface area contributed by atoms with E-state index < -0.39 is 0 Å². The SMILES string of the molecule is CCCCCCCCOc1ccc(/C(=C2/N=C(C)C=C2C)c2[nH]c(C)cc2C)cc1. The molecule has 0 bridgehead atoms. The van der Waals surface area contributed by atoms with Gasteiger partial charge < -0.3 is 9.72 Å². The van der Waals surface area contributed by atoms with Crippen LogP contribution in [0.25, 0.3) is 5.57 Å². The highest BCUT2D eigenvalue weighted by Gasteiger charge is 2.19. The average molecular weight is 405 g/mol. The molecule has 0 spiro atoms. The third-order valence-electron chi connectivity index (χ3n) is 5.63. The van der Waals surface area contributed by atoms with Crippen molar-refractivity contribution in [1.29, 1.82) is 0 Å². The summed E-state index contributed by atoms with van der Waals surface area (Å²) in [4.78, 5) is 8.39. The summed E-state index contributed by atoms with van der Waals surface area (Å²) in [7, 11) is 0. The fraction of sp³-hybridized carbons (Fsp3) is 0.444. The molecule has 0 radical (unpaired) electrons. The first-order valence-corrected chi connectivity index (χ1v) is 11.4. The van der Waals surface area contributed by atoms with E-state index in [1.807, 2.05) is 0 Å². The predicted molar refractivity (Wildman–Crippen MR) is 128 cm³/mol. The molecule has 0 fully saturated rings. The lowest BCUT2D eigenvalue weighted by Gasteiger charge is -2.13. The molecule has 0 saturated heterocycles. The first kappa shape index (κ1) is 22.1. The van der Waals surface area contributed by atoms with Crippen LogP contribution in [0.3, 0.4) is 0 Å². The molecular weight excluding hydrogens is 368 g/mol. The molecule has 0 amide bonds. The zero-order chi connectivity index (χ0) is 21.5. The summed E-state index contributed by atoms with van der Waals surface area (Å²) in [6, 6.07) is 10.7. The Bertz CT molecular complexity index is 942. The summed E-state index contributed by atoms with van der Waals surface area (Å²) < 4.78 is 5.98. The van der Waals surface area contributed by atoms with E-state index in [0.717, 1.165) is 47.0 Å². The number of ether oxygens (including phenoxy) is 1. The maximum Gasteiger partial charge on any atom is 0.119 e. The molecule has 1 N–H and O–H groups in total. The van der Waals surface area contributed by atoms with Crippen molar-refractivity contribution in [2.45, 2.75) is 73.1 Å². The molecular formula is C27H36N2O. The summed E-state index contributed by atoms with van der Waals surface area (Å²) in [6.45, 7) is 11.5. The number of allylic oxidation sites excluding steroid dienone is 2. The van der Waals surface area contributed by atoms with Gasteiger partial charge in [-0.05, 0) is 75.1 Å². The second-order valence-electron chi connectivity index (χ2n) is 8.46. The molecule has 0 aliphatic carbocycles. The Morgan fingerprint density at radius 3 is 2.23 bits per heavy atom. The highest BCUT2D eigenvalue weighted by atomic mass is 16.5. The molecule has 3 rings (SSSR count). The van der Waals surface area contributed by atoms with E-state index in [2.05, 4.69) is 76.0 Å². The van der Waals surface area contributed by atoms with Crippen molar-refractivity contribution in [2.24, 2.45) is 4.99 Å².